The molecule has 2 aliphatic heterocycles. The molecular formula is C14H21NO5S. The molecule has 0 aromatic heterocycles. The summed E-state index contributed by atoms with van der Waals surface area (Å²) in [6.45, 7) is 0.420. The molecule has 0 aromatic rings. The lowest BCUT2D eigenvalue weighted by atomic mass is 9.89. The molecule has 3 rings (SSSR count). The van der Waals surface area contributed by atoms with Crippen LogP contribution in [0, 0.1) is 17.8 Å². The van der Waals surface area contributed by atoms with Gasteiger partial charge < -0.3 is 4.74 Å². The van der Waals surface area contributed by atoms with E-state index in [9.17, 15) is 18.0 Å². The van der Waals surface area contributed by atoms with Gasteiger partial charge in [0.05, 0.1) is 17.6 Å². The van der Waals surface area contributed by atoms with Crippen LogP contribution in [-0.2, 0) is 24.3 Å². The Morgan fingerprint density at radius 2 is 1.67 bits per heavy atom. The van der Waals surface area contributed by atoms with Crippen LogP contribution in [0.5, 0.6) is 0 Å². The van der Waals surface area contributed by atoms with E-state index in [-0.39, 0.29) is 18.2 Å². The normalized spacial score (nSPS) is 32.0. The van der Waals surface area contributed by atoms with Crippen molar-refractivity contribution in [1.82, 2.24) is 4.31 Å². The maximum atomic E-state index is 12.5. The Hall–Kier alpha value is -0.950. The summed E-state index contributed by atoms with van der Waals surface area (Å²) in [5.74, 6) is -1.70. The molecule has 7 heteroatoms. The lowest BCUT2D eigenvalue weighted by Crippen LogP contribution is -2.46. The van der Waals surface area contributed by atoms with Crippen molar-refractivity contribution in [2.45, 2.75) is 38.5 Å². The second-order valence-electron chi connectivity index (χ2n) is 6.38. The van der Waals surface area contributed by atoms with E-state index in [1.165, 1.54) is 10.7 Å². The standard InChI is InChI=1S/C14H21NO5S/c16-13-11-6-7-15(8-12(11)14(17)20-13)21(18,19)9-10-4-2-1-3-5-10/h10-12H,1-9H2. The first-order valence-electron chi connectivity index (χ1n) is 7.71. The van der Waals surface area contributed by atoms with Crippen molar-refractivity contribution < 1.29 is 22.7 Å². The summed E-state index contributed by atoms with van der Waals surface area (Å²) >= 11 is 0. The van der Waals surface area contributed by atoms with E-state index in [0.717, 1.165) is 25.7 Å². The van der Waals surface area contributed by atoms with Crippen LogP contribution in [0.15, 0.2) is 0 Å². The number of rotatable bonds is 3. The van der Waals surface area contributed by atoms with E-state index in [2.05, 4.69) is 4.74 Å². The third kappa shape index (κ3) is 2.99. The Morgan fingerprint density at radius 3 is 2.38 bits per heavy atom. The number of hydrogen-bond acceptors (Lipinski definition) is 5. The molecule has 2 unspecified atom stereocenters. The molecule has 0 bridgehead atoms. The molecule has 2 atom stereocenters. The fourth-order valence-electron chi connectivity index (χ4n) is 3.70. The minimum atomic E-state index is -3.35. The number of esters is 2. The number of sulfonamides is 1. The van der Waals surface area contributed by atoms with Gasteiger partial charge >= 0.3 is 11.9 Å². The molecular weight excluding hydrogens is 294 g/mol. The van der Waals surface area contributed by atoms with Gasteiger partial charge in [0.2, 0.25) is 10.0 Å². The Morgan fingerprint density at radius 1 is 1.00 bits per heavy atom. The van der Waals surface area contributed by atoms with E-state index in [4.69, 9.17) is 0 Å². The molecule has 6 nitrogen and oxygen atoms in total. The number of carbonyl (C=O) groups excluding carboxylic acids is 2. The number of carbonyl (C=O) groups is 2. The molecule has 3 fully saturated rings. The summed E-state index contributed by atoms with van der Waals surface area (Å²) in [4.78, 5) is 23.1. The van der Waals surface area contributed by atoms with Crippen LogP contribution in [0.3, 0.4) is 0 Å². The topological polar surface area (TPSA) is 80.8 Å². The molecule has 2 heterocycles. The van der Waals surface area contributed by atoms with Crippen LogP contribution in [0.4, 0.5) is 0 Å². The highest BCUT2D eigenvalue weighted by Gasteiger charge is 2.49. The first-order chi connectivity index (χ1) is 9.97. The summed E-state index contributed by atoms with van der Waals surface area (Å²) in [6.07, 6.45) is 5.73. The van der Waals surface area contributed by atoms with Gasteiger partial charge in [-0.15, -0.1) is 0 Å². The van der Waals surface area contributed by atoms with Crippen molar-refractivity contribution in [3.63, 3.8) is 0 Å². The monoisotopic (exact) mass is 315 g/mol. The number of hydrogen-bond donors (Lipinski definition) is 0. The lowest BCUT2D eigenvalue weighted by Gasteiger charge is -2.32. The third-order valence-corrected chi connectivity index (χ3v) is 6.96. The summed E-state index contributed by atoms with van der Waals surface area (Å²) < 4.78 is 31.1. The van der Waals surface area contributed by atoms with Gasteiger partial charge in [0.25, 0.3) is 0 Å². The summed E-state index contributed by atoms with van der Waals surface area (Å²) in [5.41, 5.74) is 0. The second-order valence-corrected chi connectivity index (χ2v) is 8.40. The zero-order valence-electron chi connectivity index (χ0n) is 12.0. The van der Waals surface area contributed by atoms with Crippen LogP contribution in [0.25, 0.3) is 0 Å². The van der Waals surface area contributed by atoms with E-state index in [1.807, 2.05) is 0 Å². The highest BCUT2D eigenvalue weighted by Crippen LogP contribution is 2.33. The average Bonchev–Trinajstić information content (AvgIpc) is 2.74. The van der Waals surface area contributed by atoms with E-state index >= 15 is 0 Å². The molecule has 0 radical (unpaired) electrons. The zero-order chi connectivity index (χ0) is 15.0. The molecule has 0 spiro atoms. The summed E-state index contributed by atoms with van der Waals surface area (Å²) in [5, 5.41) is 0. The smallest absolute Gasteiger partial charge is 0.318 e. The van der Waals surface area contributed by atoms with Gasteiger partial charge in [-0.1, -0.05) is 19.3 Å². The predicted molar refractivity (Wildman–Crippen MR) is 74.6 cm³/mol. The first-order valence-corrected chi connectivity index (χ1v) is 9.31. The average molecular weight is 315 g/mol. The van der Waals surface area contributed by atoms with Crippen molar-refractivity contribution in [2.24, 2.45) is 17.8 Å². The summed E-state index contributed by atoms with van der Waals surface area (Å²) in [6, 6.07) is 0. The van der Waals surface area contributed by atoms with E-state index in [0.29, 0.717) is 13.0 Å². The van der Waals surface area contributed by atoms with Crippen LogP contribution in [-0.4, -0.2) is 43.5 Å². The highest BCUT2D eigenvalue weighted by atomic mass is 32.2. The highest BCUT2D eigenvalue weighted by molar-refractivity contribution is 7.89. The molecule has 1 saturated carbocycles. The van der Waals surface area contributed by atoms with Gasteiger partial charge in [-0.3, -0.25) is 9.59 Å². The Balaban J connectivity index is 1.66. The van der Waals surface area contributed by atoms with Gasteiger partial charge in [0.1, 0.15) is 0 Å². The Kier molecular flexibility index (Phi) is 4.05. The number of nitrogens with zero attached hydrogens (tertiary/aromatic N) is 1. The maximum Gasteiger partial charge on any atom is 0.318 e. The zero-order valence-corrected chi connectivity index (χ0v) is 12.8. The van der Waals surface area contributed by atoms with Crippen molar-refractivity contribution >= 4 is 22.0 Å². The number of piperidine rings is 1. The second kappa shape index (κ2) is 5.68. The minimum absolute atomic E-state index is 0.101. The molecule has 21 heavy (non-hydrogen) atoms. The molecule has 0 amide bonds. The SMILES string of the molecule is O=C1OC(=O)C2CN(S(=O)(=O)CC3CCCCC3)CCC12. The third-order valence-electron chi connectivity index (χ3n) is 4.95. The fourth-order valence-corrected chi connectivity index (χ4v) is 5.61. The molecule has 1 aliphatic carbocycles. The first kappa shape index (κ1) is 15.0. The van der Waals surface area contributed by atoms with Crippen LogP contribution >= 0.6 is 0 Å². The van der Waals surface area contributed by atoms with Gasteiger partial charge in [0, 0.05) is 13.1 Å². The van der Waals surface area contributed by atoms with Gasteiger partial charge in [0.15, 0.2) is 0 Å². The maximum absolute atomic E-state index is 12.5. The van der Waals surface area contributed by atoms with Gasteiger partial charge in [-0.05, 0) is 25.2 Å². The number of fused-ring (bicyclic) bond motifs is 1. The Bertz CT molecular complexity index is 538. The Labute approximate surface area is 124 Å². The van der Waals surface area contributed by atoms with Gasteiger partial charge in [-0.2, -0.15) is 0 Å². The van der Waals surface area contributed by atoms with Crippen molar-refractivity contribution in [3.05, 3.63) is 0 Å². The summed E-state index contributed by atoms with van der Waals surface area (Å²) in [7, 11) is -3.35. The largest absolute Gasteiger partial charge is 0.393 e. The minimum Gasteiger partial charge on any atom is -0.393 e. The number of cyclic esters (lactones) is 2. The molecule has 0 aromatic carbocycles. The fraction of sp³-hybridized carbons (Fsp3) is 0.857. The number of ether oxygens (including phenoxy) is 1. The molecule has 3 aliphatic rings. The van der Waals surface area contributed by atoms with E-state index in [1.54, 1.807) is 0 Å². The van der Waals surface area contributed by atoms with E-state index < -0.39 is 33.8 Å². The van der Waals surface area contributed by atoms with Crippen molar-refractivity contribution in [2.75, 3.05) is 18.8 Å². The quantitative estimate of drug-likeness (QED) is 0.571. The molecule has 2 saturated heterocycles. The van der Waals surface area contributed by atoms with Crippen molar-refractivity contribution in [3.8, 4) is 0 Å². The molecule has 118 valence electrons. The van der Waals surface area contributed by atoms with Crippen LogP contribution in [0.1, 0.15) is 38.5 Å². The lowest BCUT2D eigenvalue weighted by molar-refractivity contribution is -0.153. The molecule has 0 N–H and O–H groups in total. The van der Waals surface area contributed by atoms with Crippen molar-refractivity contribution in [1.29, 1.82) is 0 Å². The van der Waals surface area contributed by atoms with Crippen LogP contribution in [0.2, 0.25) is 0 Å². The predicted octanol–water partition coefficient (Wildman–Crippen LogP) is 0.918. The van der Waals surface area contributed by atoms with Crippen LogP contribution < -0.4 is 0 Å². The van der Waals surface area contributed by atoms with Gasteiger partial charge in [-0.25, -0.2) is 12.7 Å².